The largest absolute Gasteiger partial charge is 0.452 e. The van der Waals surface area contributed by atoms with Gasteiger partial charge in [0, 0.05) is 21.7 Å². The SMILES string of the molecule is O=C(COC(=O)/C=C/c1c(Cl)cccc1Cl)NC(=O)Cc1ccccc1. The van der Waals surface area contributed by atoms with E-state index in [9.17, 15) is 14.4 Å². The lowest BCUT2D eigenvalue weighted by Crippen LogP contribution is -2.35. The van der Waals surface area contributed by atoms with Gasteiger partial charge in [-0.1, -0.05) is 59.6 Å². The molecule has 26 heavy (non-hydrogen) atoms. The van der Waals surface area contributed by atoms with Gasteiger partial charge in [-0.3, -0.25) is 14.9 Å². The fourth-order valence-electron chi connectivity index (χ4n) is 2.02. The maximum absolute atomic E-state index is 11.7. The molecule has 0 aliphatic heterocycles. The van der Waals surface area contributed by atoms with E-state index in [0.717, 1.165) is 11.6 Å². The Morgan fingerprint density at radius 2 is 1.58 bits per heavy atom. The molecule has 0 atom stereocenters. The second-order valence-corrected chi connectivity index (χ2v) is 6.02. The molecular formula is C19H15Cl2NO4. The summed E-state index contributed by atoms with van der Waals surface area (Å²) in [5, 5.41) is 2.92. The van der Waals surface area contributed by atoms with Gasteiger partial charge in [0.25, 0.3) is 5.91 Å². The first-order valence-electron chi connectivity index (χ1n) is 7.61. The van der Waals surface area contributed by atoms with Gasteiger partial charge in [-0.2, -0.15) is 0 Å². The molecule has 0 bridgehead atoms. The Hall–Kier alpha value is -2.63. The molecule has 0 unspecified atom stereocenters. The van der Waals surface area contributed by atoms with E-state index in [1.54, 1.807) is 42.5 Å². The quantitative estimate of drug-likeness (QED) is 0.604. The number of carbonyl (C=O) groups excluding carboxylic acids is 3. The summed E-state index contributed by atoms with van der Waals surface area (Å²) in [6.07, 6.45) is 2.56. The smallest absolute Gasteiger partial charge is 0.331 e. The molecule has 2 amide bonds. The molecule has 2 aromatic carbocycles. The third-order valence-corrected chi connectivity index (χ3v) is 3.88. The van der Waals surface area contributed by atoms with Gasteiger partial charge in [-0.05, 0) is 23.8 Å². The van der Waals surface area contributed by atoms with Gasteiger partial charge in [0.2, 0.25) is 5.91 Å². The number of amides is 2. The zero-order valence-electron chi connectivity index (χ0n) is 13.6. The highest BCUT2D eigenvalue weighted by Gasteiger charge is 2.10. The van der Waals surface area contributed by atoms with E-state index < -0.39 is 24.4 Å². The molecule has 0 fully saturated rings. The molecule has 5 nitrogen and oxygen atoms in total. The Labute approximate surface area is 160 Å². The van der Waals surface area contributed by atoms with E-state index in [0.29, 0.717) is 15.6 Å². The van der Waals surface area contributed by atoms with Crippen molar-refractivity contribution in [3.8, 4) is 0 Å². The monoisotopic (exact) mass is 391 g/mol. The topological polar surface area (TPSA) is 72.5 Å². The van der Waals surface area contributed by atoms with Crippen LogP contribution in [-0.4, -0.2) is 24.4 Å². The number of rotatable bonds is 6. The van der Waals surface area contributed by atoms with Crippen LogP contribution in [0.1, 0.15) is 11.1 Å². The van der Waals surface area contributed by atoms with Crippen molar-refractivity contribution in [2.24, 2.45) is 0 Å². The Morgan fingerprint density at radius 1 is 0.923 bits per heavy atom. The Morgan fingerprint density at radius 3 is 2.23 bits per heavy atom. The number of esters is 1. The molecule has 1 N–H and O–H groups in total. The Balaban J connectivity index is 1.79. The van der Waals surface area contributed by atoms with Gasteiger partial charge < -0.3 is 4.74 Å². The maximum atomic E-state index is 11.7. The van der Waals surface area contributed by atoms with Crippen molar-refractivity contribution in [2.45, 2.75) is 6.42 Å². The van der Waals surface area contributed by atoms with Gasteiger partial charge in [0.1, 0.15) is 0 Å². The fraction of sp³-hybridized carbons (Fsp3) is 0.105. The minimum Gasteiger partial charge on any atom is -0.452 e. The van der Waals surface area contributed by atoms with Crippen molar-refractivity contribution in [2.75, 3.05) is 6.61 Å². The summed E-state index contributed by atoms with van der Waals surface area (Å²) < 4.78 is 4.78. The predicted molar refractivity (Wildman–Crippen MR) is 99.8 cm³/mol. The Kier molecular flexibility index (Phi) is 7.38. The molecule has 0 saturated carbocycles. The third-order valence-electron chi connectivity index (χ3n) is 3.22. The van der Waals surface area contributed by atoms with Crippen LogP contribution >= 0.6 is 23.2 Å². The summed E-state index contributed by atoms with van der Waals surface area (Å²) >= 11 is 11.9. The summed E-state index contributed by atoms with van der Waals surface area (Å²) in [7, 11) is 0. The summed E-state index contributed by atoms with van der Waals surface area (Å²) in [6, 6.07) is 13.9. The molecule has 2 rings (SSSR count). The summed E-state index contributed by atoms with van der Waals surface area (Å²) in [4.78, 5) is 35.1. The van der Waals surface area contributed by atoms with Crippen LogP contribution < -0.4 is 5.32 Å². The van der Waals surface area contributed by atoms with Crippen LogP contribution in [0.3, 0.4) is 0 Å². The van der Waals surface area contributed by atoms with Crippen molar-refractivity contribution in [3.05, 3.63) is 75.8 Å². The fourth-order valence-corrected chi connectivity index (χ4v) is 2.55. The van der Waals surface area contributed by atoms with Crippen LogP contribution in [0, 0.1) is 0 Å². The zero-order chi connectivity index (χ0) is 18.9. The van der Waals surface area contributed by atoms with Crippen LogP contribution in [-0.2, 0) is 25.5 Å². The van der Waals surface area contributed by atoms with Crippen molar-refractivity contribution < 1.29 is 19.1 Å². The first-order valence-corrected chi connectivity index (χ1v) is 8.37. The van der Waals surface area contributed by atoms with E-state index in [1.807, 2.05) is 6.07 Å². The van der Waals surface area contributed by atoms with Gasteiger partial charge >= 0.3 is 5.97 Å². The van der Waals surface area contributed by atoms with E-state index in [2.05, 4.69) is 5.32 Å². The minimum absolute atomic E-state index is 0.0609. The molecule has 0 heterocycles. The van der Waals surface area contributed by atoms with Gasteiger partial charge in [0.15, 0.2) is 6.61 Å². The highest BCUT2D eigenvalue weighted by Crippen LogP contribution is 2.25. The number of ether oxygens (including phenoxy) is 1. The number of hydrogen-bond donors (Lipinski definition) is 1. The molecule has 0 spiro atoms. The van der Waals surface area contributed by atoms with Crippen LogP contribution in [0.4, 0.5) is 0 Å². The standard InChI is InChI=1S/C19H15Cl2NO4/c20-15-7-4-8-16(21)14(15)9-10-19(25)26-12-18(24)22-17(23)11-13-5-2-1-3-6-13/h1-10H,11-12H2,(H,22,23,24)/b10-9+. The van der Waals surface area contributed by atoms with Crippen LogP contribution in [0.5, 0.6) is 0 Å². The number of hydrogen-bond acceptors (Lipinski definition) is 4. The number of benzene rings is 2. The first kappa shape index (κ1) is 19.7. The van der Waals surface area contributed by atoms with Gasteiger partial charge in [-0.25, -0.2) is 4.79 Å². The molecule has 134 valence electrons. The van der Waals surface area contributed by atoms with Gasteiger partial charge in [-0.15, -0.1) is 0 Å². The lowest BCUT2D eigenvalue weighted by atomic mass is 10.1. The summed E-state index contributed by atoms with van der Waals surface area (Å²) in [6.45, 7) is -0.569. The molecule has 0 aliphatic carbocycles. The normalized spacial score (nSPS) is 10.5. The van der Waals surface area contributed by atoms with E-state index in [4.69, 9.17) is 27.9 Å². The van der Waals surface area contributed by atoms with Crippen molar-refractivity contribution in [1.29, 1.82) is 0 Å². The van der Waals surface area contributed by atoms with E-state index in [-0.39, 0.29) is 6.42 Å². The second kappa shape index (κ2) is 9.75. The van der Waals surface area contributed by atoms with Crippen molar-refractivity contribution in [3.63, 3.8) is 0 Å². The average molecular weight is 392 g/mol. The molecule has 0 radical (unpaired) electrons. The van der Waals surface area contributed by atoms with Crippen LogP contribution in [0.25, 0.3) is 6.08 Å². The highest BCUT2D eigenvalue weighted by atomic mass is 35.5. The average Bonchev–Trinajstić information content (AvgIpc) is 2.60. The first-order chi connectivity index (χ1) is 12.5. The number of imide groups is 1. The lowest BCUT2D eigenvalue weighted by Gasteiger charge is -2.05. The van der Waals surface area contributed by atoms with E-state index in [1.165, 1.54) is 6.08 Å². The summed E-state index contributed by atoms with van der Waals surface area (Å²) in [5.74, 6) is -1.94. The third kappa shape index (κ3) is 6.35. The number of nitrogens with one attached hydrogen (secondary N) is 1. The predicted octanol–water partition coefficient (Wildman–Crippen LogP) is 3.44. The van der Waals surface area contributed by atoms with Crippen molar-refractivity contribution >= 4 is 47.1 Å². The summed E-state index contributed by atoms with van der Waals surface area (Å²) in [5.41, 5.74) is 1.24. The van der Waals surface area contributed by atoms with Crippen LogP contribution in [0.2, 0.25) is 10.0 Å². The van der Waals surface area contributed by atoms with Crippen molar-refractivity contribution in [1.82, 2.24) is 5.32 Å². The zero-order valence-corrected chi connectivity index (χ0v) is 15.1. The minimum atomic E-state index is -0.758. The van der Waals surface area contributed by atoms with Gasteiger partial charge in [0.05, 0.1) is 6.42 Å². The number of carbonyl (C=O) groups is 3. The lowest BCUT2D eigenvalue weighted by molar-refractivity contribution is -0.145. The molecule has 7 heteroatoms. The second-order valence-electron chi connectivity index (χ2n) is 5.21. The number of halogens is 2. The molecular weight excluding hydrogens is 377 g/mol. The molecule has 2 aromatic rings. The Bertz CT molecular complexity index is 814. The molecule has 0 aromatic heterocycles. The maximum Gasteiger partial charge on any atom is 0.331 e. The van der Waals surface area contributed by atoms with E-state index >= 15 is 0 Å². The molecule has 0 saturated heterocycles. The highest BCUT2D eigenvalue weighted by molar-refractivity contribution is 6.37. The van der Waals surface area contributed by atoms with Crippen LogP contribution in [0.15, 0.2) is 54.6 Å². The molecule has 0 aliphatic rings.